The molecule has 0 bridgehead atoms. The third-order valence-corrected chi connectivity index (χ3v) is 6.06. The summed E-state index contributed by atoms with van der Waals surface area (Å²) in [7, 11) is 3.43. The van der Waals surface area contributed by atoms with Crippen molar-refractivity contribution in [1.29, 1.82) is 0 Å². The van der Waals surface area contributed by atoms with E-state index in [0.29, 0.717) is 6.61 Å². The van der Waals surface area contributed by atoms with Crippen molar-refractivity contribution in [3.05, 3.63) is 64.5 Å². The zero-order valence-electron chi connectivity index (χ0n) is 16.5. The zero-order valence-corrected chi connectivity index (χ0v) is 17.3. The maximum Gasteiger partial charge on any atom is 0.165 e. The molecule has 0 unspecified atom stereocenters. The van der Waals surface area contributed by atoms with Gasteiger partial charge in [0.2, 0.25) is 0 Å². The SMILES string of the molecule is COc1ccccc1CN1CCOc2c(cc(-c3ccc(C)s3)cc2OC)C1. The van der Waals surface area contributed by atoms with Crippen molar-refractivity contribution in [2.24, 2.45) is 0 Å². The minimum atomic E-state index is 0.635. The molecule has 3 aromatic rings. The van der Waals surface area contributed by atoms with Gasteiger partial charge in [-0.3, -0.25) is 4.90 Å². The Morgan fingerprint density at radius 3 is 2.61 bits per heavy atom. The van der Waals surface area contributed by atoms with Gasteiger partial charge in [0.1, 0.15) is 12.4 Å². The molecule has 0 saturated carbocycles. The van der Waals surface area contributed by atoms with Crippen LogP contribution in [-0.4, -0.2) is 32.3 Å². The van der Waals surface area contributed by atoms with Crippen molar-refractivity contribution < 1.29 is 14.2 Å². The van der Waals surface area contributed by atoms with Gasteiger partial charge >= 0.3 is 0 Å². The molecule has 28 heavy (non-hydrogen) atoms. The van der Waals surface area contributed by atoms with Crippen LogP contribution >= 0.6 is 11.3 Å². The third kappa shape index (κ3) is 3.86. The molecule has 2 heterocycles. The van der Waals surface area contributed by atoms with Gasteiger partial charge < -0.3 is 14.2 Å². The van der Waals surface area contributed by atoms with Crippen LogP contribution in [0.15, 0.2) is 48.5 Å². The minimum absolute atomic E-state index is 0.635. The molecular formula is C23H25NO3S. The smallest absolute Gasteiger partial charge is 0.165 e. The van der Waals surface area contributed by atoms with Crippen molar-refractivity contribution in [3.8, 4) is 27.7 Å². The van der Waals surface area contributed by atoms with E-state index in [1.165, 1.54) is 20.9 Å². The molecule has 146 valence electrons. The van der Waals surface area contributed by atoms with Crippen LogP contribution in [0.2, 0.25) is 0 Å². The van der Waals surface area contributed by atoms with Gasteiger partial charge in [0.05, 0.1) is 14.2 Å². The van der Waals surface area contributed by atoms with Crippen molar-refractivity contribution in [2.45, 2.75) is 20.0 Å². The highest BCUT2D eigenvalue weighted by atomic mass is 32.1. The van der Waals surface area contributed by atoms with Gasteiger partial charge in [-0.05, 0) is 42.8 Å². The Hall–Kier alpha value is -2.50. The van der Waals surface area contributed by atoms with Gasteiger partial charge in [-0.15, -0.1) is 11.3 Å². The first kappa shape index (κ1) is 18.8. The lowest BCUT2D eigenvalue weighted by molar-refractivity contribution is 0.215. The van der Waals surface area contributed by atoms with Gasteiger partial charge in [0.25, 0.3) is 0 Å². The molecule has 0 spiro atoms. The fourth-order valence-corrected chi connectivity index (χ4v) is 4.49. The van der Waals surface area contributed by atoms with E-state index < -0.39 is 0 Å². The Morgan fingerprint density at radius 2 is 1.86 bits per heavy atom. The first-order valence-corrected chi connectivity index (χ1v) is 10.2. The van der Waals surface area contributed by atoms with E-state index in [0.717, 1.165) is 42.4 Å². The lowest BCUT2D eigenvalue weighted by Crippen LogP contribution is -2.25. The molecule has 0 amide bonds. The second-order valence-corrected chi connectivity index (χ2v) is 8.24. The summed E-state index contributed by atoms with van der Waals surface area (Å²) >= 11 is 1.80. The summed E-state index contributed by atoms with van der Waals surface area (Å²) in [6, 6.07) is 16.8. The molecule has 5 heteroatoms. The number of aryl methyl sites for hydroxylation is 1. The van der Waals surface area contributed by atoms with Gasteiger partial charge in [0.15, 0.2) is 11.5 Å². The van der Waals surface area contributed by atoms with E-state index in [1.807, 2.05) is 12.1 Å². The van der Waals surface area contributed by atoms with Gasteiger partial charge in [-0.25, -0.2) is 0 Å². The number of methoxy groups -OCH3 is 2. The molecule has 1 aliphatic heterocycles. The summed E-state index contributed by atoms with van der Waals surface area (Å²) in [5, 5.41) is 0. The normalized spacial score (nSPS) is 14.1. The highest BCUT2D eigenvalue weighted by Gasteiger charge is 2.21. The third-order valence-electron chi connectivity index (χ3n) is 5.01. The monoisotopic (exact) mass is 395 g/mol. The number of thiophene rings is 1. The summed E-state index contributed by atoms with van der Waals surface area (Å²) in [6.45, 7) is 5.24. The molecule has 4 rings (SSSR count). The van der Waals surface area contributed by atoms with Gasteiger partial charge in [0, 0.05) is 40.5 Å². The molecule has 2 aromatic carbocycles. The molecule has 0 fully saturated rings. The summed E-state index contributed by atoms with van der Waals surface area (Å²) in [4.78, 5) is 4.95. The Kier molecular flexibility index (Phi) is 5.55. The van der Waals surface area contributed by atoms with Crippen LogP contribution in [0.25, 0.3) is 10.4 Å². The van der Waals surface area contributed by atoms with Crippen molar-refractivity contribution in [1.82, 2.24) is 4.90 Å². The number of nitrogens with zero attached hydrogens (tertiary/aromatic N) is 1. The summed E-state index contributed by atoms with van der Waals surface area (Å²) in [5.74, 6) is 2.59. The van der Waals surface area contributed by atoms with Crippen LogP contribution in [0.1, 0.15) is 16.0 Å². The first-order valence-electron chi connectivity index (χ1n) is 9.42. The van der Waals surface area contributed by atoms with Crippen molar-refractivity contribution >= 4 is 11.3 Å². The standard InChI is InChI=1S/C23H25NO3S/c1-16-8-9-22(28-16)18-12-19-15-24(10-11-27-23(19)21(13-18)26-3)14-17-6-4-5-7-20(17)25-2/h4-9,12-13H,10-11,14-15H2,1-3H3. The molecule has 4 nitrogen and oxygen atoms in total. The van der Waals surface area contributed by atoms with Crippen LogP contribution in [0.5, 0.6) is 17.2 Å². The second kappa shape index (κ2) is 8.25. The summed E-state index contributed by atoms with van der Waals surface area (Å²) in [6.07, 6.45) is 0. The predicted octanol–water partition coefficient (Wildman–Crippen LogP) is 5.14. The number of hydrogen-bond acceptors (Lipinski definition) is 5. The van der Waals surface area contributed by atoms with Crippen LogP contribution in [-0.2, 0) is 13.1 Å². The molecule has 1 aliphatic rings. The Bertz CT molecular complexity index is 966. The van der Waals surface area contributed by atoms with E-state index in [4.69, 9.17) is 14.2 Å². The van der Waals surface area contributed by atoms with E-state index in [1.54, 1.807) is 25.6 Å². The fraction of sp³-hybridized carbons (Fsp3) is 0.304. The van der Waals surface area contributed by atoms with Crippen molar-refractivity contribution in [2.75, 3.05) is 27.4 Å². The Balaban J connectivity index is 1.66. The predicted molar refractivity (Wildman–Crippen MR) is 114 cm³/mol. The Morgan fingerprint density at radius 1 is 1.04 bits per heavy atom. The second-order valence-electron chi connectivity index (χ2n) is 6.95. The first-order chi connectivity index (χ1) is 13.7. The summed E-state index contributed by atoms with van der Waals surface area (Å²) in [5.41, 5.74) is 3.52. The number of hydrogen-bond donors (Lipinski definition) is 0. The fourth-order valence-electron chi connectivity index (χ4n) is 3.63. The number of ether oxygens (including phenoxy) is 3. The van der Waals surface area contributed by atoms with E-state index in [2.05, 4.69) is 48.2 Å². The van der Waals surface area contributed by atoms with Gasteiger partial charge in [-0.2, -0.15) is 0 Å². The maximum atomic E-state index is 6.10. The van der Waals surface area contributed by atoms with Crippen LogP contribution in [0.3, 0.4) is 0 Å². The molecular weight excluding hydrogens is 370 g/mol. The molecule has 0 radical (unpaired) electrons. The van der Waals surface area contributed by atoms with E-state index in [9.17, 15) is 0 Å². The quantitative estimate of drug-likeness (QED) is 0.599. The maximum absolute atomic E-state index is 6.10. The topological polar surface area (TPSA) is 30.9 Å². The van der Waals surface area contributed by atoms with Crippen LogP contribution in [0, 0.1) is 6.92 Å². The average Bonchev–Trinajstić information content (AvgIpc) is 3.04. The molecule has 1 aromatic heterocycles. The molecule has 0 N–H and O–H groups in total. The lowest BCUT2D eigenvalue weighted by Gasteiger charge is -2.21. The highest BCUT2D eigenvalue weighted by Crippen LogP contribution is 2.40. The van der Waals surface area contributed by atoms with Crippen molar-refractivity contribution in [3.63, 3.8) is 0 Å². The summed E-state index contributed by atoms with van der Waals surface area (Å²) < 4.78 is 17.3. The number of rotatable bonds is 5. The van der Waals surface area contributed by atoms with E-state index >= 15 is 0 Å². The number of fused-ring (bicyclic) bond motifs is 1. The minimum Gasteiger partial charge on any atom is -0.496 e. The highest BCUT2D eigenvalue weighted by molar-refractivity contribution is 7.15. The molecule has 0 aliphatic carbocycles. The zero-order chi connectivity index (χ0) is 19.5. The number of para-hydroxylation sites is 1. The lowest BCUT2D eigenvalue weighted by atomic mass is 10.1. The average molecular weight is 396 g/mol. The van der Waals surface area contributed by atoms with Crippen LogP contribution in [0.4, 0.5) is 0 Å². The Labute approximate surface area is 170 Å². The van der Waals surface area contributed by atoms with Gasteiger partial charge in [-0.1, -0.05) is 18.2 Å². The molecule has 0 atom stereocenters. The largest absolute Gasteiger partial charge is 0.496 e. The van der Waals surface area contributed by atoms with Crippen LogP contribution < -0.4 is 14.2 Å². The number of benzene rings is 2. The van der Waals surface area contributed by atoms with E-state index in [-0.39, 0.29) is 0 Å². The molecule has 0 saturated heterocycles.